The number of para-hydroxylation sites is 1. The van der Waals surface area contributed by atoms with E-state index in [0.29, 0.717) is 6.54 Å². The van der Waals surface area contributed by atoms with Crippen LogP contribution in [-0.2, 0) is 19.4 Å². The molecule has 0 saturated heterocycles. The maximum absolute atomic E-state index is 12.3. The van der Waals surface area contributed by atoms with Crippen LogP contribution in [0.2, 0.25) is 0 Å². The van der Waals surface area contributed by atoms with E-state index in [9.17, 15) is 9.59 Å². The SMILES string of the molecule is O=C(NCc1nn(-c2ccccc2)c2c1CCC2)c1ccc[nH]c1=O. The van der Waals surface area contributed by atoms with Crippen molar-refractivity contribution in [2.75, 3.05) is 0 Å². The van der Waals surface area contributed by atoms with Crippen molar-refractivity contribution >= 4 is 5.91 Å². The van der Waals surface area contributed by atoms with Crippen LogP contribution in [0.5, 0.6) is 0 Å². The molecule has 4 rings (SSSR count). The van der Waals surface area contributed by atoms with E-state index in [1.54, 1.807) is 6.07 Å². The molecule has 2 heterocycles. The summed E-state index contributed by atoms with van der Waals surface area (Å²) in [6, 6.07) is 13.2. The largest absolute Gasteiger partial charge is 0.346 e. The summed E-state index contributed by atoms with van der Waals surface area (Å²) in [4.78, 5) is 26.5. The van der Waals surface area contributed by atoms with Crippen molar-refractivity contribution in [3.63, 3.8) is 0 Å². The fourth-order valence-electron chi connectivity index (χ4n) is 3.30. The molecule has 6 nitrogen and oxygen atoms in total. The Bertz CT molecular complexity index is 973. The molecule has 0 saturated carbocycles. The van der Waals surface area contributed by atoms with Crippen LogP contribution in [0, 0.1) is 0 Å². The standard InChI is InChI=1S/C19H18N4O2/c24-18-15(9-5-11-20-18)19(25)21-12-16-14-8-4-10-17(14)23(22-16)13-6-2-1-3-7-13/h1-3,5-7,9,11H,4,8,10,12H2,(H,20,24)(H,21,25). The molecule has 1 aliphatic rings. The zero-order valence-electron chi connectivity index (χ0n) is 13.7. The van der Waals surface area contributed by atoms with Crippen molar-refractivity contribution in [3.8, 4) is 5.69 Å². The van der Waals surface area contributed by atoms with Gasteiger partial charge in [0.05, 0.1) is 17.9 Å². The van der Waals surface area contributed by atoms with Gasteiger partial charge in [0.25, 0.3) is 11.5 Å². The Morgan fingerprint density at radius 3 is 2.80 bits per heavy atom. The number of amides is 1. The second-order valence-corrected chi connectivity index (χ2v) is 6.07. The van der Waals surface area contributed by atoms with Crippen molar-refractivity contribution in [1.29, 1.82) is 0 Å². The number of hydrogen-bond acceptors (Lipinski definition) is 3. The molecule has 0 aliphatic heterocycles. The summed E-state index contributed by atoms with van der Waals surface area (Å²) in [7, 11) is 0. The number of fused-ring (bicyclic) bond motifs is 1. The maximum atomic E-state index is 12.3. The molecule has 0 fully saturated rings. The van der Waals surface area contributed by atoms with Crippen LogP contribution in [0.4, 0.5) is 0 Å². The molecular formula is C19H18N4O2. The number of aromatic amines is 1. The second-order valence-electron chi connectivity index (χ2n) is 6.07. The molecule has 1 aliphatic carbocycles. The van der Waals surface area contributed by atoms with Gasteiger partial charge >= 0.3 is 0 Å². The summed E-state index contributed by atoms with van der Waals surface area (Å²) < 4.78 is 1.97. The molecule has 0 unspecified atom stereocenters. The number of pyridine rings is 1. The Morgan fingerprint density at radius 1 is 1.16 bits per heavy atom. The molecule has 1 amide bonds. The predicted octanol–water partition coefficient (Wildman–Crippen LogP) is 1.98. The molecule has 0 radical (unpaired) electrons. The van der Waals surface area contributed by atoms with Gasteiger partial charge in [-0.3, -0.25) is 9.59 Å². The molecule has 1 aromatic carbocycles. The first kappa shape index (κ1) is 15.4. The molecule has 6 heteroatoms. The minimum absolute atomic E-state index is 0.113. The van der Waals surface area contributed by atoms with E-state index in [4.69, 9.17) is 5.10 Å². The summed E-state index contributed by atoms with van der Waals surface area (Å²) in [5, 5.41) is 7.52. The van der Waals surface area contributed by atoms with E-state index < -0.39 is 0 Å². The van der Waals surface area contributed by atoms with Crippen molar-refractivity contribution in [3.05, 3.63) is 81.5 Å². The monoisotopic (exact) mass is 334 g/mol. The molecule has 2 aromatic heterocycles. The van der Waals surface area contributed by atoms with Crippen LogP contribution in [0.25, 0.3) is 5.69 Å². The highest BCUT2D eigenvalue weighted by Gasteiger charge is 2.23. The first-order valence-electron chi connectivity index (χ1n) is 8.35. The third-order valence-electron chi connectivity index (χ3n) is 4.49. The number of H-pyrrole nitrogens is 1. The average molecular weight is 334 g/mol. The van der Waals surface area contributed by atoms with E-state index in [1.807, 2.05) is 35.0 Å². The smallest absolute Gasteiger partial charge is 0.260 e. The van der Waals surface area contributed by atoms with Gasteiger partial charge in [0.2, 0.25) is 0 Å². The Balaban J connectivity index is 1.59. The maximum Gasteiger partial charge on any atom is 0.260 e. The van der Waals surface area contributed by atoms with E-state index in [2.05, 4.69) is 10.3 Å². The summed E-state index contributed by atoms with van der Waals surface area (Å²) in [5.41, 5.74) is 4.05. The van der Waals surface area contributed by atoms with Crippen molar-refractivity contribution in [1.82, 2.24) is 20.1 Å². The molecule has 0 atom stereocenters. The lowest BCUT2D eigenvalue weighted by atomic mass is 10.2. The van der Waals surface area contributed by atoms with E-state index >= 15 is 0 Å². The fourth-order valence-corrected chi connectivity index (χ4v) is 3.30. The van der Waals surface area contributed by atoms with Gasteiger partial charge in [-0.2, -0.15) is 5.10 Å². The van der Waals surface area contributed by atoms with Crippen LogP contribution in [0.1, 0.15) is 33.7 Å². The summed E-state index contributed by atoms with van der Waals surface area (Å²) in [6.45, 7) is 0.315. The fraction of sp³-hybridized carbons (Fsp3) is 0.211. The average Bonchev–Trinajstić information content (AvgIpc) is 3.24. The third kappa shape index (κ3) is 2.87. The Kier molecular flexibility index (Phi) is 3.93. The Labute approximate surface area is 144 Å². The van der Waals surface area contributed by atoms with Gasteiger partial charge in [-0.15, -0.1) is 0 Å². The van der Waals surface area contributed by atoms with Crippen LogP contribution in [0.15, 0.2) is 53.5 Å². The van der Waals surface area contributed by atoms with E-state index in [-0.39, 0.29) is 17.0 Å². The van der Waals surface area contributed by atoms with Gasteiger partial charge in [0.1, 0.15) is 5.56 Å². The summed E-state index contributed by atoms with van der Waals surface area (Å²) >= 11 is 0. The lowest BCUT2D eigenvalue weighted by Gasteiger charge is -2.05. The third-order valence-corrected chi connectivity index (χ3v) is 4.49. The first-order chi connectivity index (χ1) is 12.2. The number of nitrogens with one attached hydrogen (secondary N) is 2. The normalized spacial score (nSPS) is 12.8. The number of nitrogens with zero attached hydrogens (tertiary/aromatic N) is 2. The first-order valence-corrected chi connectivity index (χ1v) is 8.35. The van der Waals surface area contributed by atoms with Gasteiger partial charge < -0.3 is 10.3 Å². The number of carbonyl (C=O) groups excluding carboxylic acids is 1. The minimum Gasteiger partial charge on any atom is -0.346 e. The number of aromatic nitrogens is 3. The van der Waals surface area contributed by atoms with Gasteiger partial charge in [0.15, 0.2) is 0 Å². The lowest BCUT2D eigenvalue weighted by Crippen LogP contribution is -2.29. The zero-order chi connectivity index (χ0) is 17.2. The highest BCUT2D eigenvalue weighted by atomic mass is 16.2. The van der Waals surface area contributed by atoms with Crippen molar-refractivity contribution in [2.45, 2.75) is 25.8 Å². The summed E-state index contributed by atoms with van der Waals surface area (Å²) in [6.07, 6.45) is 4.57. The summed E-state index contributed by atoms with van der Waals surface area (Å²) in [5.74, 6) is -0.386. The van der Waals surface area contributed by atoms with Gasteiger partial charge in [0, 0.05) is 11.9 Å². The Hall–Kier alpha value is -3.15. The Morgan fingerprint density at radius 2 is 2.00 bits per heavy atom. The number of hydrogen-bond donors (Lipinski definition) is 2. The minimum atomic E-state index is -0.389. The lowest BCUT2D eigenvalue weighted by molar-refractivity contribution is 0.0949. The van der Waals surface area contributed by atoms with Crippen molar-refractivity contribution in [2.24, 2.45) is 0 Å². The number of rotatable bonds is 4. The molecule has 0 spiro atoms. The second kappa shape index (κ2) is 6.39. The van der Waals surface area contributed by atoms with Crippen LogP contribution >= 0.6 is 0 Å². The van der Waals surface area contributed by atoms with Gasteiger partial charge in [-0.25, -0.2) is 4.68 Å². The molecule has 25 heavy (non-hydrogen) atoms. The number of carbonyl (C=O) groups is 1. The molecule has 0 bridgehead atoms. The highest BCUT2D eigenvalue weighted by molar-refractivity contribution is 5.93. The van der Waals surface area contributed by atoms with Gasteiger partial charge in [-0.05, 0) is 49.1 Å². The molecule has 3 aromatic rings. The van der Waals surface area contributed by atoms with E-state index in [1.165, 1.54) is 23.5 Å². The molecule has 2 N–H and O–H groups in total. The highest BCUT2D eigenvalue weighted by Crippen LogP contribution is 2.27. The predicted molar refractivity (Wildman–Crippen MR) is 93.8 cm³/mol. The topological polar surface area (TPSA) is 79.8 Å². The quantitative estimate of drug-likeness (QED) is 0.766. The molecule has 126 valence electrons. The number of benzene rings is 1. The van der Waals surface area contributed by atoms with Crippen LogP contribution in [-0.4, -0.2) is 20.7 Å². The zero-order valence-corrected chi connectivity index (χ0v) is 13.7. The van der Waals surface area contributed by atoms with Crippen LogP contribution in [0.3, 0.4) is 0 Å². The molecular weight excluding hydrogens is 316 g/mol. The van der Waals surface area contributed by atoms with Crippen LogP contribution < -0.4 is 10.9 Å². The van der Waals surface area contributed by atoms with Crippen molar-refractivity contribution < 1.29 is 4.79 Å². The van der Waals surface area contributed by atoms with E-state index in [0.717, 1.165) is 30.6 Å². The van der Waals surface area contributed by atoms with Gasteiger partial charge in [-0.1, -0.05) is 18.2 Å².